The molecule has 0 spiro atoms. The van der Waals surface area contributed by atoms with Crippen LogP contribution in [0.15, 0.2) is 12.1 Å². The quantitative estimate of drug-likeness (QED) is 0.339. The molecule has 1 aromatic rings. The van der Waals surface area contributed by atoms with Gasteiger partial charge in [-0.25, -0.2) is 0 Å². The second-order valence-electron chi connectivity index (χ2n) is 11.4. The molecule has 5 heteroatoms. The summed E-state index contributed by atoms with van der Waals surface area (Å²) in [6.07, 6.45) is 0. The van der Waals surface area contributed by atoms with Crippen LogP contribution < -0.4 is 4.34 Å². The predicted molar refractivity (Wildman–Crippen MR) is 127 cm³/mol. The SMILES string of the molecule is CC(C)(C)c1cc(C(C)(C)C)c(N(P(Cl)Cl)[Si](C)(C)C)c(C(C)(C)C)c1. The van der Waals surface area contributed by atoms with Crippen molar-refractivity contribution in [2.24, 2.45) is 0 Å². The van der Waals surface area contributed by atoms with Gasteiger partial charge in [0.05, 0.1) is 0 Å². The fourth-order valence-electron chi connectivity index (χ4n) is 3.08. The third-order valence-electron chi connectivity index (χ3n) is 4.59. The Labute approximate surface area is 174 Å². The van der Waals surface area contributed by atoms with Crippen LogP contribution in [-0.4, -0.2) is 8.24 Å². The monoisotopic (exact) mass is 433 g/mol. The first kappa shape index (κ1) is 24.3. The minimum atomic E-state index is -1.78. The maximum atomic E-state index is 6.63. The van der Waals surface area contributed by atoms with E-state index in [9.17, 15) is 0 Å². The third kappa shape index (κ3) is 5.63. The van der Waals surface area contributed by atoms with E-state index in [0.29, 0.717) is 0 Å². The Kier molecular flexibility index (Phi) is 7.08. The topological polar surface area (TPSA) is 3.24 Å². The fraction of sp³-hybridized carbons (Fsp3) is 0.714. The zero-order chi connectivity index (χ0) is 20.9. The molecule has 0 bridgehead atoms. The molecule has 0 fully saturated rings. The van der Waals surface area contributed by atoms with Gasteiger partial charge in [0.2, 0.25) is 0 Å². The highest BCUT2D eigenvalue weighted by Gasteiger charge is 2.38. The van der Waals surface area contributed by atoms with Crippen LogP contribution in [-0.2, 0) is 16.2 Å². The van der Waals surface area contributed by atoms with Crippen molar-refractivity contribution in [3.63, 3.8) is 0 Å². The maximum absolute atomic E-state index is 6.63. The number of hydrogen-bond acceptors (Lipinski definition) is 1. The largest absolute Gasteiger partial charge is 0.354 e. The summed E-state index contributed by atoms with van der Waals surface area (Å²) in [5.41, 5.74) is 5.46. The molecule has 1 nitrogen and oxygen atoms in total. The van der Waals surface area contributed by atoms with Crippen molar-refractivity contribution in [1.29, 1.82) is 0 Å². The van der Waals surface area contributed by atoms with Gasteiger partial charge in [0.15, 0.2) is 15.0 Å². The average Bonchev–Trinajstić information content (AvgIpc) is 2.32. The van der Waals surface area contributed by atoms with Gasteiger partial charge in [-0.1, -0.05) is 117 Å². The number of hydrogen-bond donors (Lipinski definition) is 0. The molecular formula is C21H38Cl2NPSi. The lowest BCUT2D eigenvalue weighted by atomic mass is 9.74. The smallest absolute Gasteiger partial charge is 0.179 e. The Morgan fingerprint density at radius 3 is 1.27 bits per heavy atom. The van der Waals surface area contributed by atoms with Gasteiger partial charge in [0.25, 0.3) is 0 Å². The van der Waals surface area contributed by atoms with Crippen molar-refractivity contribution in [2.75, 3.05) is 4.34 Å². The van der Waals surface area contributed by atoms with E-state index in [2.05, 4.69) is 98.4 Å². The highest BCUT2D eigenvalue weighted by atomic mass is 35.9. The summed E-state index contributed by atoms with van der Waals surface area (Å²) in [4.78, 5) is 0. The highest BCUT2D eigenvalue weighted by Crippen LogP contribution is 2.59. The normalized spacial score (nSPS) is 14.1. The lowest BCUT2D eigenvalue weighted by Gasteiger charge is -2.44. The maximum Gasteiger partial charge on any atom is 0.179 e. The van der Waals surface area contributed by atoms with E-state index < -0.39 is 15.0 Å². The lowest BCUT2D eigenvalue weighted by Crippen LogP contribution is -2.43. The van der Waals surface area contributed by atoms with Crippen LogP contribution in [0.3, 0.4) is 0 Å². The van der Waals surface area contributed by atoms with Gasteiger partial charge in [-0.2, -0.15) is 0 Å². The molecule has 0 radical (unpaired) electrons. The average molecular weight is 435 g/mol. The zero-order valence-electron chi connectivity index (χ0n) is 18.8. The lowest BCUT2D eigenvalue weighted by molar-refractivity contribution is 0.550. The summed E-state index contributed by atoms with van der Waals surface area (Å²) in [7, 11) is -1.78. The van der Waals surface area contributed by atoms with Gasteiger partial charge < -0.3 is 4.34 Å². The van der Waals surface area contributed by atoms with Crippen molar-refractivity contribution in [3.8, 4) is 0 Å². The number of benzene rings is 1. The first-order valence-corrected chi connectivity index (χ1v) is 15.9. The molecule has 0 aromatic heterocycles. The van der Waals surface area contributed by atoms with Crippen LogP contribution in [0.1, 0.15) is 79.0 Å². The van der Waals surface area contributed by atoms with Gasteiger partial charge in [-0.05, 0) is 32.9 Å². The summed E-state index contributed by atoms with van der Waals surface area (Å²) < 4.78 is 2.37. The summed E-state index contributed by atoms with van der Waals surface area (Å²) in [6, 6.07) is 4.79. The van der Waals surface area contributed by atoms with E-state index in [1.54, 1.807) is 0 Å². The van der Waals surface area contributed by atoms with Crippen molar-refractivity contribution >= 4 is 43.2 Å². The van der Waals surface area contributed by atoms with E-state index in [0.717, 1.165) is 0 Å². The van der Waals surface area contributed by atoms with E-state index in [1.165, 1.54) is 22.4 Å². The van der Waals surface area contributed by atoms with Crippen LogP contribution >= 0.6 is 29.3 Å². The van der Waals surface area contributed by atoms with Crippen LogP contribution in [0, 0.1) is 0 Å². The molecule has 0 saturated heterocycles. The van der Waals surface area contributed by atoms with Gasteiger partial charge in [-0.15, -0.1) is 0 Å². The molecule has 0 unspecified atom stereocenters. The first-order valence-electron chi connectivity index (χ1n) is 9.39. The number of halogens is 2. The highest BCUT2D eigenvalue weighted by molar-refractivity contribution is 8.06. The summed E-state index contributed by atoms with van der Waals surface area (Å²) >= 11 is 13.3. The summed E-state index contributed by atoms with van der Waals surface area (Å²) in [5, 5.41) is 0. The molecular weight excluding hydrogens is 396 g/mol. The Hall–Kier alpha value is 0.247. The summed E-state index contributed by atoms with van der Waals surface area (Å²) in [5.74, 6) is 0. The molecule has 0 aliphatic heterocycles. The van der Waals surface area contributed by atoms with E-state index in [-0.39, 0.29) is 16.2 Å². The molecule has 0 amide bonds. The molecule has 0 aliphatic rings. The van der Waals surface area contributed by atoms with Crippen LogP contribution in [0.2, 0.25) is 19.6 Å². The Balaban J connectivity index is 4.09. The Morgan fingerprint density at radius 2 is 1.08 bits per heavy atom. The molecule has 1 rings (SSSR count). The number of anilines is 1. The van der Waals surface area contributed by atoms with Crippen LogP contribution in [0.4, 0.5) is 5.69 Å². The van der Waals surface area contributed by atoms with Gasteiger partial charge in [0, 0.05) is 5.69 Å². The van der Waals surface area contributed by atoms with Crippen LogP contribution in [0.5, 0.6) is 0 Å². The second kappa shape index (κ2) is 7.58. The van der Waals surface area contributed by atoms with Crippen molar-refractivity contribution in [2.45, 2.75) is 98.2 Å². The van der Waals surface area contributed by atoms with Gasteiger partial charge in [0.1, 0.15) is 0 Å². The molecule has 150 valence electrons. The molecule has 1 aromatic carbocycles. The van der Waals surface area contributed by atoms with Gasteiger partial charge >= 0.3 is 0 Å². The minimum absolute atomic E-state index is 0.00755. The summed E-state index contributed by atoms with van der Waals surface area (Å²) in [6.45, 7) is 26.3. The molecule has 0 heterocycles. The molecule has 0 saturated carbocycles. The molecule has 0 atom stereocenters. The van der Waals surface area contributed by atoms with E-state index in [4.69, 9.17) is 22.5 Å². The molecule has 0 N–H and O–H groups in total. The van der Waals surface area contributed by atoms with E-state index in [1.807, 2.05) is 0 Å². The molecule has 26 heavy (non-hydrogen) atoms. The van der Waals surface area contributed by atoms with Crippen LogP contribution in [0.25, 0.3) is 0 Å². The standard InChI is InChI=1S/C21H38Cl2NPSi/c1-19(2,3)15-13-16(20(4,5)6)18(17(14-15)21(7,8)9)24(25(22)23)26(10,11)12/h13-14H,1-12H3. The van der Waals surface area contributed by atoms with Crippen molar-refractivity contribution < 1.29 is 0 Å². The van der Waals surface area contributed by atoms with Crippen molar-refractivity contribution in [3.05, 3.63) is 28.8 Å². The second-order valence-corrected chi connectivity index (χ2v) is 19.8. The Morgan fingerprint density at radius 1 is 0.731 bits per heavy atom. The fourth-order valence-corrected chi connectivity index (χ4v) is 10.7. The number of rotatable bonds is 3. The molecule has 0 aliphatic carbocycles. The third-order valence-corrected chi connectivity index (χ3v) is 10.7. The predicted octanol–water partition coefficient (Wildman–Crippen LogP) is 8.92. The number of nitrogens with zero attached hydrogens (tertiary/aromatic N) is 1. The Bertz CT molecular complexity index is 609. The minimum Gasteiger partial charge on any atom is -0.354 e. The van der Waals surface area contributed by atoms with Crippen molar-refractivity contribution in [1.82, 2.24) is 0 Å². The zero-order valence-corrected chi connectivity index (χ0v) is 22.2. The van der Waals surface area contributed by atoms with E-state index >= 15 is 0 Å². The van der Waals surface area contributed by atoms with Gasteiger partial charge in [-0.3, -0.25) is 0 Å². The first-order chi connectivity index (χ1) is 11.3.